The minimum absolute atomic E-state index is 0.803. The molecule has 0 unspecified atom stereocenters. The van der Waals surface area contributed by atoms with E-state index < -0.39 is 0 Å². The molecule has 2 nitrogen and oxygen atoms in total. The zero-order valence-electron chi connectivity index (χ0n) is 8.67. The Bertz CT molecular complexity index is 148. The van der Waals surface area contributed by atoms with Crippen molar-refractivity contribution in [2.75, 3.05) is 20.3 Å². The van der Waals surface area contributed by atoms with Crippen molar-refractivity contribution in [2.24, 2.45) is 0 Å². The summed E-state index contributed by atoms with van der Waals surface area (Å²) < 4.78 is 5.39. The second kappa shape index (κ2) is 4.43. The summed E-state index contributed by atoms with van der Waals surface area (Å²) in [5.74, 6) is 0. The molecule has 76 valence electrons. The Kier molecular flexibility index (Phi) is 3.23. The van der Waals surface area contributed by atoms with Crippen molar-refractivity contribution in [3.63, 3.8) is 0 Å². The molecule has 2 aliphatic rings. The summed E-state index contributed by atoms with van der Waals surface area (Å²) in [4.78, 5) is 2.62. The largest absolute Gasteiger partial charge is 0.381 e. The zero-order chi connectivity index (χ0) is 9.10. The van der Waals surface area contributed by atoms with Crippen molar-refractivity contribution in [2.45, 2.75) is 50.6 Å². The number of hydrogen-bond acceptors (Lipinski definition) is 2. The number of ether oxygens (including phenoxy) is 1. The first-order valence-corrected chi connectivity index (χ1v) is 5.67. The molecule has 2 rings (SSSR count). The molecule has 0 amide bonds. The lowest BCUT2D eigenvalue weighted by Gasteiger charge is -2.35. The van der Waals surface area contributed by atoms with Crippen LogP contribution in [0.25, 0.3) is 0 Å². The number of rotatable bonds is 2. The van der Waals surface area contributed by atoms with Gasteiger partial charge in [-0.15, -0.1) is 0 Å². The summed E-state index contributed by atoms with van der Waals surface area (Å²) in [5, 5.41) is 0. The molecular formula is C11H21NO. The molecule has 0 N–H and O–H groups in total. The molecule has 1 saturated carbocycles. The summed E-state index contributed by atoms with van der Waals surface area (Å²) in [6.07, 6.45) is 8.22. The lowest BCUT2D eigenvalue weighted by molar-refractivity contribution is 0.0295. The van der Waals surface area contributed by atoms with Crippen LogP contribution in [-0.2, 0) is 4.74 Å². The van der Waals surface area contributed by atoms with Crippen LogP contribution in [0, 0.1) is 0 Å². The van der Waals surface area contributed by atoms with Crippen molar-refractivity contribution in [3.8, 4) is 0 Å². The third kappa shape index (κ3) is 2.23. The molecule has 0 radical (unpaired) electrons. The molecule has 0 atom stereocenters. The van der Waals surface area contributed by atoms with Crippen LogP contribution in [0.1, 0.15) is 38.5 Å². The fraction of sp³-hybridized carbons (Fsp3) is 1.00. The summed E-state index contributed by atoms with van der Waals surface area (Å²) in [6.45, 7) is 1.95. The molecule has 0 aromatic rings. The monoisotopic (exact) mass is 183 g/mol. The highest BCUT2D eigenvalue weighted by molar-refractivity contribution is 4.81. The maximum Gasteiger partial charge on any atom is 0.0480 e. The molecule has 1 aliphatic heterocycles. The Morgan fingerprint density at radius 3 is 2.08 bits per heavy atom. The van der Waals surface area contributed by atoms with Crippen molar-refractivity contribution < 1.29 is 4.74 Å². The van der Waals surface area contributed by atoms with Gasteiger partial charge < -0.3 is 9.64 Å². The Labute approximate surface area is 81.3 Å². The molecule has 0 spiro atoms. The van der Waals surface area contributed by atoms with Gasteiger partial charge >= 0.3 is 0 Å². The van der Waals surface area contributed by atoms with Crippen LogP contribution in [0.4, 0.5) is 0 Å². The fourth-order valence-electron chi connectivity index (χ4n) is 2.70. The van der Waals surface area contributed by atoms with E-state index in [4.69, 9.17) is 4.74 Å². The number of nitrogens with zero attached hydrogens (tertiary/aromatic N) is 1. The average Bonchev–Trinajstić information content (AvgIpc) is 2.71. The molecule has 1 saturated heterocycles. The summed E-state index contributed by atoms with van der Waals surface area (Å²) in [7, 11) is 2.31. The van der Waals surface area contributed by atoms with Crippen molar-refractivity contribution >= 4 is 0 Å². The molecule has 1 heterocycles. The highest BCUT2D eigenvalue weighted by Gasteiger charge is 2.26. The number of hydrogen-bond donors (Lipinski definition) is 0. The highest BCUT2D eigenvalue weighted by atomic mass is 16.5. The van der Waals surface area contributed by atoms with Gasteiger partial charge in [0.1, 0.15) is 0 Å². The van der Waals surface area contributed by atoms with Crippen LogP contribution < -0.4 is 0 Å². The lowest BCUT2D eigenvalue weighted by atomic mass is 10.0. The van der Waals surface area contributed by atoms with E-state index in [-0.39, 0.29) is 0 Å². The fourth-order valence-corrected chi connectivity index (χ4v) is 2.70. The summed E-state index contributed by atoms with van der Waals surface area (Å²) >= 11 is 0. The predicted molar refractivity (Wildman–Crippen MR) is 53.9 cm³/mol. The first kappa shape index (κ1) is 9.47. The summed E-state index contributed by atoms with van der Waals surface area (Å²) in [6, 6.07) is 1.68. The van der Waals surface area contributed by atoms with Crippen LogP contribution in [0.15, 0.2) is 0 Å². The normalized spacial score (nSPS) is 27.2. The van der Waals surface area contributed by atoms with Crippen LogP contribution in [0.5, 0.6) is 0 Å². The van der Waals surface area contributed by atoms with Gasteiger partial charge in [0.05, 0.1) is 0 Å². The topological polar surface area (TPSA) is 12.5 Å². The second-order valence-electron chi connectivity index (χ2n) is 4.45. The van der Waals surface area contributed by atoms with E-state index in [1.165, 1.54) is 38.5 Å². The van der Waals surface area contributed by atoms with E-state index >= 15 is 0 Å². The van der Waals surface area contributed by atoms with E-state index in [1.54, 1.807) is 0 Å². The predicted octanol–water partition coefficient (Wildman–Crippen LogP) is 2.04. The molecule has 1 aliphatic carbocycles. The van der Waals surface area contributed by atoms with Gasteiger partial charge in [0, 0.05) is 25.3 Å². The third-order valence-corrected chi connectivity index (χ3v) is 3.67. The smallest absolute Gasteiger partial charge is 0.0480 e. The Morgan fingerprint density at radius 2 is 1.46 bits per heavy atom. The lowest BCUT2D eigenvalue weighted by Crippen LogP contribution is -2.42. The minimum Gasteiger partial charge on any atom is -0.381 e. The maximum absolute atomic E-state index is 5.39. The molecule has 13 heavy (non-hydrogen) atoms. The van der Waals surface area contributed by atoms with Gasteiger partial charge in [0.2, 0.25) is 0 Å². The Hall–Kier alpha value is -0.0800. The van der Waals surface area contributed by atoms with Crippen molar-refractivity contribution in [3.05, 3.63) is 0 Å². The Morgan fingerprint density at radius 1 is 0.923 bits per heavy atom. The minimum atomic E-state index is 0.803. The van der Waals surface area contributed by atoms with Gasteiger partial charge in [-0.3, -0.25) is 0 Å². The maximum atomic E-state index is 5.39. The molecule has 2 fully saturated rings. The molecule has 0 aromatic heterocycles. The van der Waals surface area contributed by atoms with Gasteiger partial charge in [0.25, 0.3) is 0 Å². The molecule has 0 aromatic carbocycles. The van der Waals surface area contributed by atoms with Crippen LogP contribution in [0.2, 0.25) is 0 Å². The van der Waals surface area contributed by atoms with Crippen LogP contribution >= 0.6 is 0 Å². The van der Waals surface area contributed by atoms with Crippen molar-refractivity contribution in [1.29, 1.82) is 0 Å². The van der Waals surface area contributed by atoms with Gasteiger partial charge in [-0.05, 0) is 32.7 Å². The van der Waals surface area contributed by atoms with Gasteiger partial charge in [-0.25, -0.2) is 0 Å². The zero-order valence-corrected chi connectivity index (χ0v) is 8.67. The van der Waals surface area contributed by atoms with Gasteiger partial charge in [-0.2, -0.15) is 0 Å². The second-order valence-corrected chi connectivity index (χ2v) is 4.45. The van der Waals surface area contributed by atoms with E-state index in [1.807, 2.05) is 0 Å². The molecule has 0 bridgehead atoms. The third-order valence-electron chi connectivity index (χ3n) is 3.67. The first-order chi connectivity index (χ1) is 6.38. The van der Waals surface area contributed by atoms with Crippen LogP contribution in [-0.4, -0.2) is 37.2 Å². The van der Waals surface area contributed by atoms with E-state index in [9.17, 15) is 0 Å². The van der Waals surface area contributed by atoms with E-state index in [0.29, 0.717) is 0 Å². The molecular weight excluding hydrogens is 162 g/mol. The Balaban J connectivity index is 1.83. The van der Waals surface area contributed by atoms with Gasteiger partial charge in [0.15, 0.2) is 0 Å². The van der Waals surface area contributed by atoms with E-state index in [0.717, 1.165) is 25.3 Å². The van der Waals surface area contributed by atoms with Crippen LogP contribution in [0.3, 0.4) is 0 Å². The van der Waals surface area contributed by atoms with Gasteiger partial charge in [-0.1, -0.05) is 12.8 Å². The van der Waals surface area contributed by atoms with E-state index in [2.05, 4.69) is 11.9 Å². The standard InChI is InChI=1S/C11H21NO/c1-12(10-4-2-3-5-10)11-6-8-13-9-7-11/h10-11H,2-9H2,1H3. The first-order valence-electron chi connectivity index (χ1n) is 5.67. The summed E-state index contributed by atoms with van der Waals surface area (Å²) in [5.41, 5.74) is 0. The highest BCUT2D eigenvalue weighted by Crippen LogP contribution is 2.26. The average molecular weight is 183 g/mol. The molecule has 2 heteroatoms. The quantitative estimate of drug-likeness (QED) is 0.649. The van der Waals surface area contributed by atoms with Crippen molar-refractivity contribution in [1.82, 2.24) is 4.90 Å². The SMILES string of the molecule is CN(C1CCCC1)C1CCOCC1.